The van der Waals surface area contributed by atoms with Gasteiger partial charge in [0.2, 0.25) is 0 Å². The summed E-state index contributed by atoms with van der Waals surface area (Å²) in [6.07, 6.45) is -0.704. The summed E-state index contributed by atoms with van der Waals surface area (Å²) in [5.74, 6) is 0. The van der Waals surface area contributed by atoms with Crippen LogP contribution < -0.4 is 5.32 Å². The van der Waals surface area contributed by atoms with Crippen LogP contribution in [0.1, 0.15) is 5.56 Å². The van der Waals surface area contributed by atoms with E-state index < -0.39 is 11.0 Å². The molecule has 96 valence electrons. The van der Waals surface area contributed by atoms with Gasteiger partial charge in [-0.15, -0.1) is 0 Å². The topological polar surface area (TPSA) is 108 Å². The monoisotopic (exact) mass is 251 g/mol. The summed E-state index contributed by atoms with van der Waals surface area (Å²) in [5.41, 5.74) is 0.211. The van der Waals surface area contributed by atoms with Crippen LogP contribution in [0.25, 0.3) is 0 Å². The minimum Gasteiger partial charge on any atom is -0.389 e. The number of benzene rings is 1. The summed E-state index contributed by atoms with van der Waals surface area (Å²) in [6.45, 7) is 0.377. The van der Waals surface area contributed by atoms with Crippen LogP contribution in [0.3, 0.4) is 0 Å². The van der Waals surface area contributed by atoms with Gasteiger partial charge in [0, 0.05) is 25.4 Å². The second kappa shape index (κ2) is 6.54. The summed E-state index contributed by atoms with van der Waals surface area (Å²) in [7, 11) is 1.47. The van der Waals surface area contributed by atoms with Gasteiger partial charge in [-0.25, -0.2) is 0 Å². The molecule has 1 atom stereocenters. The van der Waals surface area contributed by atoms with Gasteiger partial charge in [0.1, 0.15) is 11.6 Å². The molecule has 1 aromatic rings. The van der Waals surface area contributed by atoms with Crippen molar-refractivity contribution in [1.29, 1.82) is 5.26 Å². The first-order valence-electron chi connectivity index (χ1n) is 5.18. The van der Waals surface area contributed by atoms with Crippen LogP contribution in [0, 0.1) is 21.4 Å². The fourth-order valence-corrected chi connectivity index (χ4v) is 1.37. The van der Waals surface area contributed by atoms with E-state index in [2.05, 4.69) is 5.32 Å². The third-order valence-corrected chi connectivity index (χ3v) is 2.22. The van der Waals surface area contributed by atoms with Gasteiger partial charge in [0.05, 0.1) is 17.6 Å². The van der Waals surface area contributed by atoms with Crippen LogP contribution in [0.15, 0.2) is 18.2 Å². The van der Waals surface area contributed by atoms with Gasteiger partial charge < -0.3 is 15.2 Å². The van der Waals surface area contributed by atoms with Crippen LogP contribution >= 0.6 is 0 Å². The van der Waals surface area contributed by atoms with Crippen LogP contribution in [-0.2, 0) is 4.74 Å². The van der Waals surface area contributed by atoms with E-state index in [1.165, 1.54) is 19.2 Å². The maximum absolute atomic E-state index is 10.7. The van der Waals surface area contributed by atoms with Gasteiger partial charge in [0.25, 0.3) is 5.69 Å². The average Bonchev–Trinajstić information content (AvgIpc) is 2.36. The molecule has 7 nitrogen and oxygen atoms in total. The van der Waals surface area contributed by atoms with Crippen molar-refractivity contribution in [3.63, 3.8) is 0 Å². The number of nitrogens with zero attached hydrogens (tertiary/aromatic N) is 2. The molecule has 0 radical (unpaired) electrons. The highest BCUT2D eigenvalue weighted by molar-refractivity contribution is 5.59. The van der Waals surface area contributed by atoms with Gasteiger partial charge in [-0.1, -0.05) is 0 Å². The first kappa shape index (κ1) is 13.9. The first-order valence-corrected chi connectivity index (χ1v) is 5.18. The van der Waals surface area contributed by atoms with Gasteiger partial charge >= 0.3 is 0 Å². The maximum Gasteiger partial charge on any atom is 0.289 e. The lowest BCUT2D eigenvalue weighted by Crippen LogP contribution is -2.24. The molecule has 0 saturated carbocycles. The molecule has 0 bridgehead atoms. The van der Waals surface area contributed by atoms with E-state index in [4.69, 9.17) is 10.00 Å². The van der Waals surface area contributed by atoms with E-state index in [1.54, 1.807) is 12.1 Å². The maximum atomic E-state index is 10.7. The smallest absolute Gasteiger partial charge is 0.289 e. The summed E-state index contributed by atoms with van der Waals surface area (Å²) >= 11 is 0. The number of aliphatic hydroxyl groups excluding tert-OH is 1. The van der Waals surface area contributed by atoms with Crippen molar-refractivity contribution in [2.75, 3.05) is 25.6 Å². The number of ether oxygens (including phenoxy) is 1. The second-order valence-corrected chi connectivity index (χ2v) is 3.59. The lowest BCUT2D eigenvalue weighted by molar-refractivity contribution is -0.385. The summed E-state index contributed by atoms with van der Waals surface area (Å²) in [4.78, 5) is 10.1. The molecular weight excluding hydrogens is 238 g/mol. The third kappa shape index (κ3) is 3.69. The van der Waals surface area contributed by atoms with Gasteiger partial charge in [-0.05, 0) is 12.1 Å². The Bertz CT molecular complexity index is 470. The standard InChI is InChI=1S/C11H13N3O4/c1-18-7-10(15)6-13-9-3-2-8(5-12)11(4-9)14(16)17/h2-4,10,13,15H,6-7H2,1H3. The van der Waals surface area contributed by atoms with E-state index in [-0.39, 0.29) is 24.4 Å². The van der Waals surface area contributed by atoms with Crippen LogP contribution in [0.4, 0.5) is 11.4 Å². The zero-order valence-electron chi connectivity index (χ0n) is 9.79. The first-order chi connectivity index (χ1) is 8.58. The summed E-state index contributed by atoms with van der Waals surface area (Å²) in [5, 5.41) is 31.7. The van der Waals surface area contributed by atoms with Crippen molar-refractivity contribution in [2.45, 2.75) is 6.10 Å². The van der Waals surface area contributed by atoms with E-state index in [1.807, 2.05) is 0 Å². The quantitative estimate of drug-likeness (QED) is 0.574. The number of nitro benzene ring substituents is 1. The lowest BCUT2D eigenvalue weighted by Gasteiger charge is -2.11. The Balaban J connectivity index is 2.77. The SMILES string of the molecule is COCC(O)CNc1ccc(C#N)c([N+](=O)[O-])c1. The highest BCUT2D eigenvalue weighted by Crippen LogP contribution is 2.22. The Morgan fingerprint density at radius 2 is 2.39 bits per heavy atom. The van der Waals surface area contributed by atoms with Crippen LogP contribution in [0.5, 0.6) is 0 Å². The molecule has 7 heteroatoms. The van der Waals surface area contributed by atoms with Gasteiger partial charge in [-0.3, -0.25) is 10.1 Å². The Hall–Kier alpha value is -2.17. The number of nitriles is 1. The van der Waals surface area contributed by atoms with Crippen molar-refractivity contribution in [2.24, 2.45) is 0 Å². The van der Waals surface area contributed by atoms with Crippen molar-refractivity contribution in [3.8, 4) is 6.07 Å². The largest absolute Gasteiger partial charge is 0.389 e. The van der Waals surface area contributed by atoms with Gasteiger partial charge in [-0.2, -0.15) is 5.26 Å². The highest BCUT2D eigenvalue weighted by atomic mass is 16.6. The van der Waals surface area contributed by atoms with Crippen molar-refractivity contribution < 1.29 is 14.8 Å². The highest BCUT2D eigenvalue weighted by Gasteiger charge is 2.14. The summed E-state index contributed by atoms with van der Waals surface area (Å²) in [6, 6.07) is 5.92. The molecule has 0 amide bonds. The van der Waals surface area contributed by atoms with Crippen LogP contribution in [-0.4, -0.2) is 36.4 Å². The molecule has 1 rings (SSSR count). The molecule has 1 aromatic carbocycles. The molecule has 0 spiro atoms. The van der Waals surface area contributed by atoms with Gasteiger partial charge in [0.15, 0.2) is 0 Å². The number of anilines is 1. The number of nitro groups is 1. The van der Waals surface area contributed by atoms with Crippen molar-refractivity contribution in [3.05, 3.63) is 33.9 Å². The Kier molecular flexibility index (Phi) is 5.05. The zero-order chi connectivity index (χ0) is 13.5. The average molecular weight is 251 g/mol. The Morgan fingerprint density at radius 3 is 2.94 bits per heavy atom. The molecule has 2 N–H and O–H groups in total. The number of hydrogen-bond donors (Lipinski definition) is 2. The fourth-order valence-electron chi connectivity index (χ4n) is 1.37. The Morgan fingerprint density at radius 1 is 1.67 bits per heavy atom. The van der Waals surface area contributed by atoms with E-state index in [0.717, 1.165) is 0 Å². The minimum atomic E-state index is -0.704. The number of hydrogen-bond acceptors (Lipinski definition) is 6. The number of rotatable bonds is 6. The lowest BCUT2D eigenvalue weighted by atomic mass is 10.2. The van der Waals surface area contributed by atoms with Crippen LogP contribution in [0.2, 0.25) is 0 Å². The molecule has 0 fully saturated rings. The number of aliphatic hydroxyl groups is 1. The predicted molar refractivity (Wildman–Crippen MR) is 64.2 cm³/mol. The molecular formula is C11H13N3O4. The van der Waals surface area contributed by atoms with Crippen molar-refractivity contribution >= 4 is 11.4 Å². The molecule has 0 heterocycles. The third-order valence-electron chi connectivity index (χ3n) is 2.22. The van der Waals surface area contributed by atoms with E-state index in [9.17, 15) is 15.2 Å². The summed E-state index contributed by atoms with van der Waals surface area (Å²) < 4.78 is 4.75. The molecule has 0 aliphatic rings. The zero-order valence-corrected chi connectivity index (χ0v) is 9.79. The second-order valence-electron chi connectivity index (χ2n) is 3.59. The minimum absolute atomic E-state index is 0.00277. The molecule has 0 aliphatic carbocycles. The Labute approximate surface area is 104 Å². The fraction of sp³-hybridized carbons (Fsp3) is 0.364. The molecule has 0 saturated heterocycles. The van der Waals surface area contributed by atoms with E-state index in [0.29, 0.717) is 5.69 Å². The van der Waals surface area contributed by atoms with E-state index >= 15 is 0 Å². The normalized spacial score (nSPS) is 11.6. The molecule has 0 aliphatic heterocycles. The molecule has 0 aromatic heterocycles. The molecule has 18 heavy (non-hydrogen) atoms. The molecule has 1 unspecified atom stereocenters. The number of nitrogens with one attached hydrogen (secondary N) is 1. The predicted octanol–water partition coefficient (Wildman–Crippen LogP) is 0.886. The number of methoxy groups -OCH3 is 1. The van der Waals surface area contributed by atoms with Crippen molar-refractivity contribution in [1.82, 2.24) is 0 Å².